The third-order valence-corrected chi connectivity index (χ3v) is 2.99. The van der Waals surface area contributed by atoms with Crippen LogP contribution in [0.1, 0.15) is 32.6 Å². The molecule has 2 rings (SSSR count). The zero-order valence-corrected chi connectivity index (χ0v) is 5.56. The Morgan fingerprint density at radius 2 is 1.50 bits per heavy atom. The van der Waals surface area contributed by atoms with E-state index in [2.05, 4.69) is 6.92 Å². The van der Waals surface area contributed by atoms with E-state index in [1.54, 1.807) is 25.7 Å². The van der Waals surface area contributed by atoms with Crippen molar-refractivity contribution in [2.75, 3.05) is 0 Å². The zero-order valence-electron chi connectivity index (χ0n) is 5.56. The van der Waals surface area contributed by atoms with Crippen LogP contribution in [0.25, 0.3) is 0 Å². The summed E-state index contributed by atoms with van der Waals surface area (Å²) >= 11 is 0. The quantitative estimate of drug-likeness (QED) is 0.449. The first-order valence-corrected chi connectivity index (χ1v) is 3.86. The van der Waals surface area contributed by atoms with Gasteiger partial charge in [-0.05, 0) is 43.4 Å². The van der Waals surface area contributed by atoms with Gasteiger partial charge >= 0.3 is 0 Å². The molecule has 0 amide bonds. The molecule has 46 valence electrons. The summed E-state index contributed by atoms with van der Waals surface area (Å²) in [6, 6.07) is 0. The Morgan fingerprint density at radius 1 is 1.00 bits per heavy atom. The van der Waals surface area contributed by atoms with E-state index in [0.717, 1.165) is 5.92 Å². The van der Waals surface area contributed by atoms with Crippen molar-refractivity contribution >= 4 is 0 Å². The SMILES string of the molecule is CC1CC2CCC2C1. The van der Waals surface area contributed by atoms with Gasteiger partial charge < -0.3 is 0 Å². The van der Waals surface area contributed by atoms with Crippen LogP contribution in [0, 0.1) is 17.8 Å². The standard InChI is InChI=1S/C8H14/c1-6-4-7-2-3-8(7)5-6/h6-8H,2-5H2,1H3. The van der Waals surface area contributed by atoms with Crippen LogP contribution in [0.5, 0.6) is 0 Å². The van der Waals surface area contributed by atoms with Crippen LogP contribution in [0.15, 0.2) is 0 Å². The Labute approximate surface area is 51.3 Å². The second kappa shape index (κ2) is 1.49. The van der Waals surface area contributed by atoms with E-state index in [1.807, 2.05) is 0 Å². The first-order chi connectivity index (χ1) is 3.86. The maximum atomic E-state index is 2.40. The van der Waals surface area contributed by atoms with Crippen LogP contribution in [-0.2, 0) is 0 Å². The van der Waals surface area contributed by atoms with Gasteiger partial charge in [0.2, 0.25) is 0 Å². The summed E-state index contributed by atoms with van der Waals surface area (Å²) in [6.45, 7) is 2.40. The Morgan fingerprint density at radius 3 is 1.75 bits per heavy atom. The van der Waals surface area contributed by atoms with Crippen molar-refractivity contribution in [2.45, 2.75) is 32.6 Å². The summed E-state index contributed by atoms with van der Waals surface area (Å²) in [6.07, 6.45) is 6.19. The maximum Gasteiger partial charge on any atom is -0.0383 e. The van der Waals surface area contributed by atoms with Crippen molar-refractivity contribution in [2.24, 2.45) is 17.8 Å². The number of rotatable bonds is 0. The van der Waals surface area contributed by atoms with E-state index in [1.165, 1.54) is 11.8 Å². The predicted molar refractivity (Wildman–Crippen MR) is 34.6 cm³/mol. The Kier molecular flexibility index (Phi) is 0.902. The van der Waals surface area contributed by atoms with Crippen LogP contribution in [0.4, 0.5) is 0 Å². The highest BCUT2D eigenvalue weighted by Gasteiger charge is 2.37. The van der Waals surface area contributed by atoms with Gasteiger partial charge in [0.05, 0.1) is 0 Å². The molecule has 2 saturated carbocycles. The van der Waals surface area contributed by atoms with Gasteiger partial charge in [-0.1, -0.05) is 6.92 Å². The normalized spacial score (nSPS) is 52.9. The summed E-state index contributed by atoms with van der Waals surface area (Å²) in [5.41, 5.74) is 0. The molecular weight excluding hydrogens is 96.1 g/mol. The van der Waals surface area contributed by atoms with E-state index in [-0.39, 0.29) is 0 Å². The molecule has 2 atom stereocenters. The molecule has 0 heterocycles. The van der Waals surface area contributed by atoms with Crippen molar-refractivity contribution in [3.8, 4) is 0 Å². The van der Waals surface area contributed by atoms with E-state index in [9.17, 15) is 0 Å². The lowest BCUT2D eigenvalue weighted by molar-refractivity contribution is 0.219. The molecule has 0 heteroatoms. The minimum Gasteiger partial charge on any atom is -0.0625 e. The lowest BCUT2D eigenvalue weighted by Crippen LogP contribution is -2.18. The summed E-state index contributed by atoms with van der Waals surface area (Å²) in [7, 11) is 0. The Hall–Kier alpha value is 0. The highest BCUT2D eigenvalue weighted by molar-refractivity contribution is 4.88. The van der Waals surface area contributed by atoms with Gasteiger partial charge in [-0.15, -0.1) is 0 Å². The van der Waals surface area contributed by atoms with Crippen LogP contribution < -0.4 is 0 Å². The zero-order chi connectivity index (χ0) is 5.56. The van der Waals surface area contributed by atoms with Gasteiger partial charge in [0.1, 0.15) is 0 Å². The van der Waals surface area contributed by atoms with Crippen molar-refractivity contribution < 1.29 is 0 Å². The third kappa shape index (κ3) is 0.519. The van der Waals surface area contributed by atoms with Crippen molar-refractivity contribution in [3.63, 3.8) is 0 Å². The predicted octanol–water partition coefficient (Wildman–Crippen LogP) is 2.44. The fourth-order valence-electron chi connectivity index (χ4n) is 2.39. The van der Waals surface area contributed by atoms with Gasteiger partial charge in [-0.2, -0.15) is 0 Å². The Balaban J connectivity index is 2.00. The van der Waals surface area contributed by atoms with Gasteiger partial charge in [0, 0.05) is 0 Å². The van der Waals surface area contributed by atoms with Crippen LogP contribution in [0.2, 0.25) is 0 Å². The van der Waals surface area contributed by atoms with E-state index in [0.29, 0.717) is 0 Å². The van der Waals surface area contributed by atoms with E-state index < -0.39 is 0 Å². The minimum absolute atomic E-state index is 1.06. The van der Waals surface area contributed by atoms with Gasteiger partial charge in [-0.3, -0.25) is 0 Å². The summed E-state index contributed by atoms with van der Waals surface area (Å²) < 4.78 is 0. The van der Waals surface area contributed by atoms with Crippen molar-refractivity contribution in [3.05, 3.63) is 0 Å². The second-order valence-corrected chi connectivity index (χ2v) is 3.67. The number of fused-ring (bicyclic) bond motifs is 1. The molecule has 0 saturated heterocycles. The molecule has 0 nitrogen and oxygen atoms in total. The summed E-state index contributed by atoms with van der Waals surface area (Å²) in [5.74, 6) is 3.41. The highest BCUT2D eigenvalue weighted by Crippen LogP contribution is 2.49. The topological polar surface area (TPSA) is 0 Å². The highest BCUT2D eigenvalue weighted by atomic mass is 14.4. The molecule has 0 aromatic heterocycles. The average molecular weight is 110 g/mol. The average Bonchev–Trinajstić information content (AvgIpc) is 1.91. The molecule has 2 unspecified atom stereocenters. The monoisotopic (exact) mass is 110 g/mol. The smallest absolute Gasteiger partial charge is 0.0383 e. The molecular formula is C8H14. The fourth-order valence-corrected chi connectivity index (χ4v) is 2.39. The molecule has 0 bridgehead atoms. The van der Waals surface area contributed by atoms with Crippen LogP contribution in [-0.4, -0.2) is 0 Å². The molecule has 0 aromatic rings. The van der Waals surface area contributed by atoms with Gasteiger partial charge in [-0.25, -0.2) is 0 Å². The molecule has 8 heavy (non-hydrogen) atoms. The lowest BCUT2D eigenvalue weighted by Gasteiger charge is -2.29. The molecule has 0 spiro atoms. The molecule has 0 aliphatic heterocycles. The first kappa shape index (κ1) is 4.84. The largest absolute Gasteiger partial charge is 0.0625 e. The van der Waals surface area contributed by atoms with Crippen LogP contribution in [0.3, 0.4) is 0 Å². The fraction of sp³-hybridized carbons (Fsp3) is 1.00. The van der Waals surface area contributed by atoms with Crippen LogP contribution >= 0.6 is 0 Å². The maximum absolute atomic E-state index is 2.40. The van der Waals surface area contributed by atoms with Gasteiger partial charge in [0.15, 0.2) is 0 Å². The summed E-state index contributed by atoms with van der Waals surface area (Å²) in [5, 5.41) is 0. The number of hydrogen-bond donors (Lipinski definition) is 0. The van der Waals surface area contributed by atoms with Crippen molar-refractivity contribution in [1.29, 1.82) is 0 Å². The lowest BCUT2D eigenvalue weighted by atomic mass is 9.77. The number of hydrogen-bond acceptors (Lipinski definition) is 0. The Bertz CT molecular complexity index is 84.2. The van der Waals surface area contributed by atoms with E-state index in [4.69, 9.17) is 0 Å². The first-order valence-electron chi connectivity index (χ1n) is 3.86. The molecule has 0 radical (unpaired) electrons. The molecule has 0 N–H and O–H groups in total. The molecule has 0 aromatic carbocycles. The minimum atomic E-state index is 1.06. The molecule has 2 fully saturated rings. The molecule has 2 aliphatic carbocycles. The van der Waals surface area contributed by atoms with Gasteiger partial charge in [0.25, 0.3) is 0 Å². The second-order valence-electron chi connectivity index (χ2n) is 3.67. The summed E-state index contributed by atoms with van der Waals surface area (Å²) in [4.78, 5) is 0. The van der Waals surface area contributed by atoms with Crippen molar-refractivity contribution in [1.82, 2.24) is 0 Å². The third-order valence-electron chi connectivity index (χ3n) is 2.99. The van der Waals surface area contributed by atoms with E-state index >= 15 is 0 Å². The molecule has 2 aliphatic rings.